The van der Waals surface area contributed by atoms with Gasteiger partial charge in [-0.2, -0.15) is 0 Å². The van der Waals surface area contributed by atoms with Gasteiger partial charge in [-0.1, -0.05) is 30.4 Å². The Kier molecular flexibility index (Phi) is 4.31. The third kappa shape index (κ3) is 2.81. The third-order valence-electron chi connectivity index (χ3n) is 5.63. The minimum Gasteiger partial charge on any atom is -0.493 e. The number of rotatable bonds is 5. The highest BCUT2D eigenvalue weighted by atomic mass is 16.5. The number of amides is 2. The SMILES string of the molecule is COc1ccc(C[C@]23C=CC=C[C@@H]2C(=O)NC3=O)cc1OC1CCCC1. The average molecular weight is 353 g/mol. The van der Waals surface area contributed by atoms with Crippen molar-refractivity contribution in [1.29, 1.82) is 0 Å². The van der Waals surface area contributed by atoms with Crippen LogP contribution in [0.5, 0.6) is 11.5 Å². The first-order valence-corrected chi connectivity index (χ1v) is 9.17. The number of methoxy groups -OCH3 is 1. The minimum atomic E-state index is -0.856. The molecule has 2 aliphatic carbocycles. The Labute approximate surface area is 153 Å². The molecule has 1 aliphatic heterocycles. The maximum Gasteiger partial charge on any atom is 0.238 e. The molecular weight excluding hydrogens is 330 g/mol. The molecule has 136 valence electrons. The summed E-state index contributed by atoms with van der Waals surface area (Å²) >= 11 is 0. The number of allylic oxidation sites excluding steroid dienone is 2. The zero-order valence-corrected chi connectivity index (χ0v) is 14.9. The Morgan fingerprint density at radius 1 is 1.15 bits per heavy atom. The van der Waals surface area contributed by atoms with E-state index in [-0.39, 0.29) is 17.9 Å². The smallest absolute Gasteiger partial charge is 0.238 e. The summed E-state index contributed by atoms with van der Waals surface area (Å²) in [6.45, 7) is 0. The molecule has 5 nitrogen and oxygen atoms in total. The molecule has 5 heteroatoms. The molecule has 2 atom stereocenters. The van der Waals surface area contributed by atoms with E-state index >= 15 is 0 Å². The standard InChI is InChI=1S/C21H23NO4/c1-25-17-10-9-14(12-18(17)26-15-6-2-3-7-15)13-21-11-5-4-8-16(21)19(23)22-20(21)24/h4-5,8-12,15-16H,2-3,6-7,13H2,1H3,(H,22,23,24)/t16-,21-/m1/s1. The van der Waals surface area contributed by atoms with Crippen LogP contribution in [-0.2, 0) is 16.0 Å². The van der Waals surface area contributed by atoms with E-state index in [1.54, 1.807) is 13.2 Å². The van der Waals surface area contributed by atoms with E-state index in [9.17, 15) is 9.59 Å². The van der Waals surface area contributed by atoms with E-state index < -0.39 is 11.3 Å². The average Bonchev–Trinajstić information content (AvgIpc) is 3.23. The molecule has 2 amide bonds. The van der Waals surface area contributed by atoms with Crippen LogP contribution >= 0.6 is 0 Å². The summed E-state index contributed by atoms with van der Waals surface area (Å²) in [5.74, 6) is 0.487. The fourth-order valence-electron chi connectivity index (χ4n) is 4.22. The Morgan fingerprint density at radius 2 is 1.96 bits per heavy atom. The molecule has 0 unspecified atom stereocenters. The molecule has 4 rings (SSSR count). The number of carbonyl (C=O) groups excluding carboxylic acids is 2. The van der Waals surface area contributed by atoms with Gasteiger partial charge in [0.2, 0.25) is 11.8 Å². The van der Waals surface area contributed by atoms with Gasteiger partial charge in [-0.05, 0) is 49.8 Å². The van der Waals surface area contributed by atoms with E-state index in [4.69, 9.17) is 9.47 Å². The van der Waals surface area contributed by atoms with Gasteiger partial charge in [-0.3, -0.25) is 14.9 Å². The monoisotopic (exact) mass is 353 g/mol. The summed E-state index contributed by atoms with van der Waals surface area (Å²) in [6, 6.07) is 5.77. The lowest BCUT2D eigenvalue weighted by Crippen LogP contribution is -2.35. The lowest BCUT2D eigenvalue weighted by Gasteiger charge is -2.28. The first-order valence-electron chi connectivity index (χ1n) is 9.17. The van der Waals surface area contributed by atoms with E-state index in [0.29, 0.717) is 17.9 Å². The fourth-order valence-corrected chi connectivity index (χ4v) is 4.22. The van der Waals surface area contributed by atoms with Crippen LogP contribution in [0.2, 0.25) is 0 Å². The van der Waals surface area contributed by atoms with Crippen LogP contribution in [0.3, 0.4) is 0 Å². The Bertz CT molecular complexity index is 791. The van der Waals surface area contributed by atoms with E-state index in [1.807, 2.05) is 36.4 Å². The van der Waals surface area contributed by atoms with Crippen molar-refractivity contribution in [3.63, 3.8) is 0 Å². The van der Waals surface area contributed by atoms with Crippen molar-refractivity contribution in [3.05, 3.63) is 48.1 Å². The van der Waals surface area contributed by atoms with Gasteiger partial charge in [0.1, 0.15) is 0 Å². The van der Waals surface area contributed by atoms with Crippen LogP contribution in [0.4, 0.5) is 0 Å². The molecule has 3 aliphatic rings. The normalized spacial score (nSPS) is 27.5. The largest absolute Gasteiger partial charge is 0.493 e. The van der Waals surface area contributed by atoms with Gasteiger partial charge in [-0.15, -0.1) is 0 Å². The summed E-state index contributed by atoms with van der Waals surface area (Å²) in [5, 5.41) is 2.48. The maximum atomic E-state index is 12.6. The number of ether oxygens (including phenoxy) is 2. The maximum absolute atomic E-state index is 12.6. The molecule has 1 saturated carbocycles. The second kappa shape index (κ2) is 6.63. The van der Waals surface area contributed by atoms with E-state index in [1.165, 1.54) is 12.8 Å². The van der Waals surface area contributed by atoms with Crippen molar-refractivity contribution in [2.45, 2.75) is 38.2 Å². The molecule has 1 N–H and O–H groups in total. The summed E-state index contributed by atoms with van der Waals surface area (Å²) in [5.41, 5.74) is 0.0963. The van der Waals surface area contributed by atoms with Gasteiger partial charge in [0, 0.05) is 0 Å². The molecule has 1 aromatic carbocycles. The fraction of sp³-hybridized carbons (Fsp3) is 0.429. The van der Waals surface area contributed by atoms with Crippen LogP contribution in [0, 0.1) is 11.3 Å². The number of hydrogen-bond acceptors (Lipinski definition) is 4. The van der Waals surface area contributed by atoms with Crippen molar-refractivity contribution < 1.29 is 19.1 Å². The molecule has 0 bridgehead atoms. The topological polar surface area (TPSA) is 64.6 Å². The number of fused-ring (bicyclic) bond motifs is 1. The lowest BCUT2D eigenvalue weighted by atomic mass is 9.70. The van der Waals surface area contributed by atoms with Gasteiger partial charge in [0.05, 0.1) is 24.5 Å². The van der Waals surface area contributed by atoms with Crippen LogP contribution in [-0.4, -0.2) is 25.0 Å². The zero-order chi connectivity index (χ0) is 18.1. The quantitative estimate of drug-likeness (QED) is 0.827. The summed E-state index contributed by atoms with van der Waals surface area (Å²) in [7, 11) is 1.63. The molecule has 1 saturated heterocycles. The second-order valence-electron chi connectivity index (χ2n) is 7.27. The number of hydrogen-bond donors (Lipinski definition) is 1. The number of benzene rings is 1. The first-order chi connectivity index (χ1) is 12.6. The van der Waals surface area contributed by atoms with Crippen molar-refractivity contribution in [2.24, 2.45) is 11.3 Å². The van der Waals surface area contributed by atoms with E-state index in [0.717, 1.165) is 18.4 Å². The predicted octanol–water partition coefficient (Wildman–Crippen LogP) is 2.94. The number of nitrogens with one attached hydrogen (secondary N) is 1. The van der Waals surface area contributed by atoms with Gasteiger partial charge >= 0.3 is 0 Å². The molecular formula is C21H23NO4. The van der Waals surface area contributed by atoms with Crippen molar-refractivity contribution in [1.82, 2.24) is 5.32 Å². The number of imide groups is 1. The van der Waals surface area contributed by atoms with Gasteiger partial charge in [0.25, 0.3) is 0 Å². The molecule has 0 radical (unpaired) electrons. The Morgan fingerprint density at radius 3 is 2.73 bits per heavy atom. The van der Waals surface area contributed by atoms with Gasteiger partial charge in [0.15, 0.2) is 11.5 Å². The van der Waals surface area contributed by atoms with Gasteiger partial charge in [-0.25, -0.2) is 0 Å². The van der Waals surface area contributed by atoms with Crippen molar-refractivity contribution >= 4 is 11.8 Å². The predicted molar refractivity (Wildman–Crippen MR) is 96.9 cm³/mol. The molecule has 26 heavy (non-hydrogen) atoms. The van der Waals surface area contributed by atoms with Crippen LogP contribution in [0.1, 0.15) is 31.2 Å². The second-order valence-corrected chi connectivity index (χ2v) is 7.27. The highest BCUT2D eigenvalue weighted by Crippen LogP contribution is 2.42. The summed E-state index contributed by atoms with van der Waals surface area (Å²) in [6.07, 6.45) is 12.5. The molecule has 1 aromatic rings. The van der Waals surface area contributed by atoms with Gasteiger partial charge < -0.3 is 9.47 Å². The lowest BCUT2D eigenvalue weighted by molar-refractivity contribution is -0.127. The van der Waals surface area contributed by atoms with Crippen molar-refractivity contribution in [3.8, 4) is 11.5 Å². The van der Waals surface area contributed by atoms with Crippen LogP contribution in [0.15, 0.2) is 42.5 Å². The first kappa shape index (κ1) is 16.9. The molecule has 1 heterocycles. The van der Waals surface area contributed by atoms with E-state index in [2.05, 4.69) is 5.32 Å². The highest BCUT2D eigenvalue weighted by Gasteiger charge is 2.53. The Hall–Kier alpha value is -2.56. The van der Waals surface area contributed by atoms with Crippen molar-refractivity contribution in [2.75, 3.05) is 7.11 Å². The van der Waals surface area contributed by atoms with Crippen LogP contribution in [0.25, 0.3) is 0 Å². The summed E-state index contributed by atoms with van der Waals surface area (Å²) < 4.78 is 11.6. The minimum absolute atomic E-state index is 0.221. The number of carbonyl (C=O) groups is 2. The summed E-state index contributed by atoms with van der Waals surface area (Å²) in [4.78, 5) is 24.7. The Balaban J connectivity index is 1.63. The van der Waals surface area contributed by atoms with Crippen LogP contribution < -0.4 is 14.8 Å². The molecule has 0 spiro atoms. The molecule has 0 aromatic heterocycles. The zero-order valence-electron chi connectivity index (χ0n) is 14.9. The third-order valence-corrected chi connectivity index (χ3v) is 5.63. The highest BCUT2D eigenvalue weighted by molar-refractivity contribution is 6.09. The molecule has 2 fully saturated rings.